The second-order valence-corrected chi connectivity index (χ2v) is 5.93. The smallest absolute Gasteiger partial charge is 0.410 e. The number of aliphatic carboxylic acids is 1. The minimum absolute atomic E-state index is 0.0661. The fourth-order valence-electron chi connectivity index (χ4n) is 2.04. The van der Waals surface area contributed by atoms with Crippen LogP contribution in [-0.4, -0.2) is 60.0 Å². The number of carboxylic acids is 1. The number of nitrogens with two attached hydrogens (primary N) is 1. The fraction of sp³-hybridized carbons (Fsp3) is 0.846. The maximum Gasteiger partial charge on any atom is 0.410 e. The minimum Gasteiger partial charge on any atom is -0.481 e. The topological polar surface area (TPSA) is 102 Å². The molecule has 0 aromatic rings. The summed E-state index contributed by atoms with van der Waals surface area (Å²) in [5.41, 5.74) is 5.04. The number of rotatable bonds is 4. The summed E-state index contributed by atoms with van der Waals surface area (Å²) in [4.78, 5) is 24.3. The van der Waals surface area contributed by atoms with Crippen LogP contribution in [0.5, 0.6) is 0 Å². The number of carboxylic acid groups (broad SMARTS) is 1. The van der Waals surface area contributed by atoms with E-state index in [-0.39, 0.29) is 25.0 Å². The van der Waals surface area contributed by atoms with E-state index >= 15 is 0 Å². The van der Waals surface area contributed by atoms with E-state index in [9.17, 15) is 9.59 Å². The predicted molar refractivity (Wildman–Crippen MR) is 72.3 cm³/mol. The molecule has 0 bridgehead atoms. The third-order valence-electron chi connectivity index (χ3n) is 3.01. The lowest BCUT2D eigenvalue weighted by molar-refractivity contribution is -0.140. The molecule has 2 atom stereocenters. The van der Waals surface area contributed by atoms with Gasteiger partial charge in [-0.2, -0.15) is 0 Å². The summed E-state index contributed by atoms with van der Waals surface area (Å²) in [5, 5.41) is 8.86. The molecular formula is C13H24N2O5. The van der Waals surface area contributed by atoms with Crippen molar-refractivity contribution in [2.75, 3.05) is 26.2 Å². The standard InChI is InChI=1S/C13H24N2O5/c1-13(2,3)20-12(18)15-4-5-19-10(8-15)9(7-14)6-11(16)17/h9-10H,4-8,14H2,1-3H3,(H,16,17). The molecule has 1 aliphatic heterocycles. The first-order valence-electron chi connectivity index (χ1n) is 6.74. The van der Waals surface area contributed by atoms with Gasteiger partial charge in [0.05, 0.1) is 25.7 Å². The molecule has 0 aliphatic carbocycles. The third kappa shape index (κ3) is 5.34. The quantitative estimate of drug-likeness (QED) is 0.788. The molecule has 0 aromatic carbocycles. The summed E-state index contributed by atoms with van der Waals surface area (Å²) in [6.45, 7) is 6.72. The minimum atomic E-state index is -0.918. The van der Waals surface area contributed by atoms with Crippen molar-refractivity contribution in [3.05, 3.63) is 0 Å². The SMILES string of the molecule is CC(C)(C)OC(=O)N1CCOC(C(CN)CC(=O)O)C1. The molecule has 0 radical (unpaired) electrons. The molecule has 116 valence electrons. The van der Waals surface area contributed by atoms with Crippen LogP contribution in [-0.2, 0) is 14.3 Å². The second kappa shape index (κ2) is 6.90. The van der Waals surface area contributed by atoms with Gasteiger partial charge in [-0.05, 0) is 27.3 Å². The van der Waals surface area contributed by atoms with Gasteiger partial charge in [0.15, 0.2) is 0 Å². The van der Waals surface area contributed by atoms with Crippen molar-refractivity contribution in [1.82, 2.24) is 4.90 Å². The van der Waals surface area contributed by atoms with Gasteiger partial charge in [0.25, 0.3) is 0 Å². The van der Waals surface area contributed by atoms with Gasteiger partial charge in [0, 0.05) is 12.5 Å². The molecule has 1 heterocycles. The van der Waals surface area contributed by atoms with Crippen molar-refractivity contribution < 1.29 is 24.2 Å². The molecule has 1 fully saturated rings. The monoisotopic (exact) mass is 288 g/mol. The summed E-state index contributed by atoms with van der Waals surface area (Å²) in [7, 11) is 0. The van der Waals surface area contributed by atoms with Crippen LogP contribution in [0, 0.1) is 5.92 Å². The van der Waals surface area contributed by atoms with Gasteiger partial charge in [-0.1, -0.05) is 0 Å². The molecule has 1 saturated heterocycles. The Morgan fingerprint density at radius 3 is 2.65 bits per heavy atom. The molecule has 0 saturated carbocycles. The Kier molecular flexibility index (Phi) is 5.76. The van der Waals surface area contributed by atoms with Crippen LogP contribution in [0.25, 0.3) is 0 Å². The highest BCUT2D eigenvalue weighted by Crippen LogP contribution is 2.19. The molecule has 1 aliphatic rings. The van der Waals surface area contributed by atoms with Gasteiger partial charge in [-0.15, -0.1) is 0 Å². The normalized spacial score (nSPS) is 21.4. The molecule has 20 heavy (non-hydrogen) atoms. The van der Waals surface area contributed by atoms with Gasteiger partial charge < -0.3 is 25.2 Å². The molecule has 0 spiro atoms. The maximum absolute atomic E-state index is 12.0. The molecular weight excluding hydrogens is 264 g/mol. The zero-order valence-electron chi connectivity index (χ0n) is 12.3. The van der Waals surface area contributed by atoms with Gasteiger partial charge in [0.1, 0.15) is 5.60 Å². The Morgan fingerprint density at radius 2 is 2.15 bits per heavy atom. The number of amides is 1. The van der Waals surface area contributed by atoms with Crippen LogP contribution < -0.4 is 5.73 Å². The van der Waals surface area contributed by atoms with Crippen molar-refractivity contribution in [1.29, 1.82) is 0 Å². The van der Waals surface area contributed by atoms with E-state index in [1.54, 1.807) is 25.7 Å². The third-order valence-corrected chi connectivity index (χ3v) is 3.01. The molecule has 3 N–H and O–H groups in total. The average Bonchev–Trinajstić information content (AvgIpc) is 2.34. The first-order chi connectivity index (χ1) is 9.23. The zero-order valence-corrected chi connectivity index (χ0v) is 12.3. The Morgan fingerprint density at radius 1 is 1.50 bits per heavy atom. The number of carbonyl (C=O) groups is 2. The van der Waals surface area contributed by atoms with E-state index in [1.165, 1.54) is 0 Å². The average molecular weight is 288 g/mol. The summed E-state index contributed by atoms with van der Waals surface area (Å²) in [5.74, 6) is -1.23. The fourth-order valence-corrected chi connectivity index (χ4v) is 2.04. The van der Waals surface area contributed by atoms with E-state index in [1.807, 2.05) is 0 Å². The highest BCUT2D eigenvalue weighted by atomic mass is 16.6. The number of ether oxygens (including phenoxy) is 2. The number of hydrogen-bond acceptors (Lipinski definition) is 5. The Labute approximate surface area is 119 Å². The van der Waals surface area contributed by atoms with E-state index < -0.39 is 17.7 Å². The van der Waals surface area contributed by atoms with Crippen LogP contribution in [0.3, 0.4) is 0 Å². The Hall–Kier alpha value is -1.34. The zero-order chi connectivity index (χ0) is 15.3. The lowest BCUT2D eigenvalue weighted by Gasteiger charge is -2.36. The van der Waals surface area contributed by atoms with E-state index in [2.05, 4.69) is 0 Å². The number of carbonyl (C=O) groups excluding carboxylic acids is 1. The lowest BCUT2D eigenvalue weighted by Crippen LogP contribution is -2.51. The molecule has 0 aromatic heterocycles. The van der Waals surface area contributed by atoms with Crippen LogP contribution in [0.4, 0.5) is 4.79 Å². The largest absolute Gasteiger partial charge is 0.481 e. The van der Waals surface area contributed by atoms with Crippen molar-refractivity contribution in [3.63, 3.8) is 0 Å². The molecule has 7 nitrogen and oxygen atoms in total. The van der Waals surface area contributed by atoms with Gasteiger partial charge in [-0.25, -0.2) is 4.79 Å². The number of hydrogen-bond donors (Lipinski definition) is 2. The summed E-state index contributed by atoms with van der Waals surface area (Å²) >= 11 is 0. The highest BCUT2D eigenvalue weighted by molar-refractivity contribution is 5.68. The predicted octanol–water partition coefficient (Wildman–Crippen LogP) is 0.672. The highest BCUT2D eigenvalue weighted by Gasteiger charge is 2.32. The molecule has 1 amide bonds. The maximum atomic E-state index is 12.0. The van der Waals surface area contributed by atoms with E-state index in [0.29, 0.717) is 19.7 Å². The van der Waals surface area contributed by atoms with Crippen LogP contribution >= 0.6 is 0 Å². The van der Waals surface area contributed by atoms with Gasteiger partial charge in [-0.3, -0.25) is 4.79 Å². The van der Waals surface area contributed by atoms with Crippen molar-refractivity contribution in [2.24, 2.45) is 11.7 Å². The first kappa shape index (κ1) is 16.7. The first-order valence-corrected chi connectivity index (χ1v) is 6.74. The summed E-state index contributed by atoms with van der Waals surface area (Å²) in [6, 6.07) is 0. The van der Waals surface area contributed by atoms with E-state index in [0.717, 1.165) is 0 Å². The van der Waals surface area contributed by atoms with Crippen LogP contribution in [0.2, 0.25) is 0 Å². The lowest BCUT2D eigenvalue weighted by atomic mass is 9.97. The van der Waals surface area contributed by atoms with Crippen LogP contribution in [0.1, 0.15) is 27.2 Å². The molecule has 1 rings (SSSR count). The Balaban J connectivity index is 2.61. The number of morpholine rings is 1. The van der Waals surface area contributed by atoms with Crippen molar-refractivity contribution >= 4 is 12.1 Å². The summed E-state index contributed by atoms with van der Waals surface area (Å²) in [6.07, 6.45) is -0.835. The van der Waals surface area contributed by atoms with Crippen LogP contribution in [0.15, 0.2) is 0 Å². The second-order valence-electron chi connectivity index (χ2n) is 5.93. The van der Waals surface area contributed by atoms with Crippen molar-refractivity contribution in [3.8, 4) is 0 Å². The molecule has 7 heteroatoms. The van der Waals surface area contributed by atoms with Crippen molar-refractivity contribution in [2.45, 2.75) is 38.9 Å². The summed E-state index contributed by atoms with van der Waals surface area (Å²) < 4.78 is 10.9. The van der Waals surface area contributed by atoms with Gasteiger partial charge in [0.2, 0.25) is 0 Å². The Bertz CT molecular complexity index is 353. The number of nitrogens with zero attached hydrogens (tertiary/aromatic N) is 1. The molecule has 2 unspecified atom stereocenters. The van der Waals surface area contributed by atoms with Gasteiger partial charge >= 0.3 is 12.1 Å². The van der Waals surface area contributed by atoms with E-state index in [4.69, 9.17) is 20.3 Å².